The van der Waals surface area contributed by atoms with Crippen LogP contribution in [0.2, 0.25) is 0 Å². The minimum Gasteiger partial charge on any atom is -0.497 e. The number of thioether (sulfide) groups is 1. The van der Waals surface area contributed by atoms with Crippen LogP contribution in [0.5, 0.6) is 5.75 Å². The second-order valence-corrected chi connectivity index (χ2v) is 7.97. The van der Waals surface area contributed by atoms with Crippen molar-refractivity contribution in [3.05, 3.63) is 87.3 Å². The predicted molar refractivity (Wildman–Crippen MR) is 123 cm³/mol. The van der Waals surface area contributed by atoms with Gasteiger partial charge in [0.1, 0.15) is 5.75 Å². The standard InChI is InChI=1S/C23H24N4O4S/c1-15-19(12-16-6-4-3-5-7-16)22(30)25-23(24-15)32-14-21(29)27-26-20(28)13-17-8-10-18(31-2)11-9-17/h3-11H,12-14H2,1-2H3,(H,26,28)(H,27,29)(H,24,25,30). The fourth-order valence-corrected chi connectivity index (χ4v) is 3.65. The number of aromatic amines is 1. The first-order valence-corrected chi connectivity index (χ1v) is 10.9. The van der Waals surface area contributed by atoms with Gasteiger partial charge in [-0.3, -0.25) is 25.2 Å². The average Bonchev–Trinajstić information content (AvgIpc) is 2.80. The SMILES string of the molecule is COc1ccc(CC(=O)NNC(=O)CSc2nc(C)c(Cc3ccccc3)c(=O)[nH]2)cc1. The molecule has 0 saturated carbocycles. The Morgan fingerprint density at radius 3 is 2.34 bits per heavy atom. The normalized spacial score (nSPS) is 10.4. The lowest BCUT2D eigenvalue weighted by atomic mass is 10.1. The summed E-state index contributed by atoms with van der Waals surface area (Å²) >= 11 is 1.09. The molecule has 0 spiro atoms. The van der Waals surface area contributed by atoms with Gasteiger partial charge in [-0.05, 0) is 30.2 Å². The van der Waals surface area contributed by atoms with Gasteiger partial charge in [0.05, 0.1) is 19.3 Å². The fourth-order valence-electron chi connectivity index (χ4n) is 2.94. The van der Waals surface area contributed by atoms with Gasteiger partial charge in [0.25, 0.3) is 5.56 Å². The summed E-state index contributed by atoms with van der Waals surface area (Å²) in [7, 11) is 1.57. The van der Waals surface area contributed by atoms with Gasteiger partial charge in [-0.15, -0.1) is 0 Å². The van der Waals surface area contributed by atoms with Crippen LogP contribution in [0, 0.1) is 6.92 Å². The molecular weight excluding hydrogens is 428 g/mol. The van der Waals surface area contributed by atoms with Crippen LogP contribution in [0.4, 0.5) is 0 Å². The van der Waals surface area contributed by atoms with E-state index in [1.54, 1.807) is 38.3 Å². The third-order valence-electron chi connectivity index (χ3n) is 4.63. The molecule has 8 nitrogen and oxygen atoms in total. The molecule has 1 heterocycles. The summed E-state index contributed by atoms with van der Waals surface area (Å²) < 4.78 is 5.08. The van der Waals surface area contributed by atoms with Crippen LogP contribution in [0.1, 0.15) is 22.4 Å². The van der Waals surface area contributed by atoms with Crippen molar-refractivity contribution in [3.8, 4) is 5.75 Å². The van der Waals surface area contributed by atoms with E-state index in [2.05, 4.69) is 20.8 Å². The number of ether oxygens (including phenoxy) is 1. The van der Waals surface area contributed by atoms with Gasteiger partial charge in [-0.25, -0.2) is 4.98 Å². The molecule has 0 aliphatic rings. The van der Waals surface area contributed by atoms with Gasteiger partial charge in [0.15, 0.2) is 5.16 Å². The smallest absolute Gasteiger partial charge is 0.255 e. The van der Waals surface area contributed by atoms with E-state index in [1.807, 2.05) is 30.3 Å². The quantitative estimate of drug-likeness (QED) is 0.274. The van der Waals surface area contributed by atoms with E-state index in [4.69, 9.17) is 4.74 Å². The molecule has 0 aliphatic carbocycles. The Hall–Kier alpha value is -3.59. The van der Waals surface area contributed by atoms with Gasteiger partial charge < -0.3 is 9.72 Å². The van der Waals surface area contributed by atoms with Crippen LogP contribution in [0.15, 0.2) is 64.5 Å². The third-order valence-corrected chi connectivity index (χ3v) is 5.50. The van der Waals surface area contributed by atoms with Crippen LogP contribution in [-0.2, 0) is 22.4 Å². The molecule has 32 heavy (non-hydrogen) atoms. The first-order chi connectivity index (χ1) is 15.4. The number of hydrogen-bond donors (Lipinski definition) is 3. The molecular formula is C23H24N4O4S. The number of benzene rings is 2. The Morgan fingerprint density at radius 2 is 1.69 bits per heavy atom. The number of rotatable bonds is 8. The van der Waals surface area contributed by atoms with E-state index >= 15 is 0 Å². The molecule has 0 fully saturated rings. The first kappa shape index (κ1) is 23.1. The molecule has 166 valence electrons. The number of H-pyrrole nitrogens is 1. The predicted octanol–water partition coefficient (Wildman–Crippen LogP) is 2.16. The van der Waals surface area contributed by atoms with Crippen LogP contribution < -0.4 is 21.1 Å². The van der Waals surface area contributed by atoms with E-state index in [9.17, 15) is 14.4 Å². The zero-order chi connectivity index (χ0) is 22.9. The molecule has 2 amide bonds. The zero-order valence-corrected chi connectivity index (χ0v) is 18.6. The van der Waals surface area contributed by atoms with E-state index in [0.29, 0.717) is 28.6 Å². The first-order valence-electron chi connectivity index (χ1n) is 9.91. The molecule has 3 rings (SSSR count). The lowest BCUT2D eigenvalue weighted by Crippen LogP contribution is -2.43. The number of nitrogens with zero attached hydrogens (tertiary/aromatic N) is 1. The highest BCUT2D eigenvalue weighted by Gasteiger charge is 2.12. The van der Waals surface area contributed by atoms with Crippen molar-refractivity contribution >= 4 is 23.6 Å². The van der Waals surface area contributed by atoms with E-state index in [-0.39, 0.29) is 23.6 Å². The van der Waals surface area contributed by atoms with Crippen molar-refractivity contribution < 1.29 is 14.3 Å². The van der Waals surface area contributed by atoms with Crippen molar-refractivity contribution in [2.45, 2.75) is 24.9 Å². The minimum atomic E-state index is -0.410. The zero-order valence-electron chi connectivity index (χ0n) is 17.8. The third kappa shape index (κ3) is 6.71. The molecule has 9 heteroatoms. The summed E-state index contributed by atoms with van der Waals surface area (Å²) in [6.45, 7) is 1.77. The summed E-state index contributed by atoms with van der Waals surface area (Å²) in [5, 5.41) is 0.351. The maximum Gasteiger partial charge on any atom is 0.255 e. The van der Waals surface area contributed by atoms with Crippen LogP contribution in [0.25, 0.3) is 0 Å². The summed E-state index contributed by atoms with van der Waals surface area (Å²) in [5.74, 6) is -0.0640. The highest BCUT2D eigenvalue weighted by Crippen LogP contribution is 2.14. The number of aryl methyl sites for hydroxylation is 1. The summed E-state index contributed by atoms with van der Waals surface area (Å²) in [5.41, 5.74) is 7.54. The van der Waals surface area contributed by atoms with Crippen molar-refractivity contribution in [2.24, 2.45) is 0 Å². The molecule has 3 N–H and O–H groups in total. The number of hydrogen-bond acceptors (Lipinski definition) is 6. The minimum absolute atomic E-state index is 0.0107. The lowest BCUT2D eigenvalue weighted by Gasteiger charge is -2.09. The van der Waals surface area contributed by atoms with Crippen molar-refractivity contribution in [2.75, 3.05) is 12.9 Å². The summed E-state index contributed by atoms with van der Waals surface area (Å²) in [4.78, 5) is 43.6. The van der Waals surface area contributed by atoms with Gasteiger partial charge in [-0.1, -0.05) is 54.2 Å². The van der Waals surface area contributed by atoms with Crippen molar-refractivity contribution in [1.29, 1.82) is 0 Å². The number of hydrazine groups is 1. The highest BCUT2D eigenvalue weighted by molar-refractivity contribution is 7.99. The topological polar surface area (TPSA) is 113 Å². The molecule has 3 aromatic rings. The van der Waals surface area contributed by atoms with Crippen molar-refractivity contribution in [1.82, 2.24) is 20.8 Å². The molecule has 2 aromatic carbocycles. The van der Waals surface area contributed by atoms with Gasteiger partial charge in [0, 0.05) is 17.7 Å². The van der Waals surface area contributed by atoms with E-state index in [0.717, 1.165) is 22.9 Å². The molecule has 0 atom stereocenters. The Labute approximate surface area is 189 Å². The van der Waals surface area contributed by atoms with Crippen LogP contribution in [0.3, 0.4) is 0 Å². The largest absolute Gasteiger partial charge is 0.497 e. The maximum absolute atomic E-state index is 12.5. The molecule has 0 unspecified atom stereocenters. The van der Waals surface area contributed by atoms with Crippen molar-refractivity contribution in [3.63, 3.8) is 0 Å². The Balaban J connectivity index is 1.47. The number of carbonyl (C=O) groups is 2. The fraction of sp³-hybridized carbons (Fsp3) is 0.217. The average molecular weight is 453 g/mol. The second-order valence-electron chi connectivity index (χ2n) is 7.01. The summed E-state index contributed by atoms with van der Waals surface area (Å²) in [6.07, 6.45) is 0.606. The number of aromatic nitrogens is 2. The number of nitrogens with one attached hydrogen (secondary N) is 3. The van der Waals surface area contributed by atoms with Gasteiger partial charge in [0.2, 0.25) is 11.8 Å². The molecule has 0 radical (unpaired) electrons. The molecule has 0 saturated heterocycles. The Morgan fingerprint density at radius 1 is 1.00 bits per heavy atom. The van der Waals surface area contributed by atoms with E-state index in [1.165, 1.54) is 0 Å². The number of carbonyl (C=O) groups excluding carboxylic acids is 2. The van der Waals surface area contributed by atoms with Crippen LogP contribution in [-0.4, -0.2) is 34.6 Å². The number of amides is 2. The maximum atomic E-state index is 12.5. The van der Waals surface area contributed by atoms with Crippen LogP contribution >= 0.6 is 11.8 Å². The number of methoxy groups -OCH3 is 1. The molecule has 1 aromatic heterocycles. The van der Waals surface area contributed by atoms with Gasteiger partial charge >= 0.3 is 0 Å². The van der Waals surface area contributed by atoms with E-state index < -0.39 is 5.91 Å². The Bertz CT molecular complexity index is 1130. The molecule has 0 aliphatic heterocycles. The highest BCUT2D eigenvalue weighted by atomic mass is 32.2. The second kappa shape index (κ2) is 11.1. The molecule has 0 bridgehead atoms. The van der Waals surface area contributed by atoms with Gasteiger partial charge in [-0.2, -0.15) is 0 Å². The summed E-state index contributed by atoms with van der Waals surface area (Å²) in [6, 6.07) is 16.8. The Kier molecular flexibility index (Phi) is 8.04. The monoisotopic (exact) mass is 452 g/mol. The lowest BCUT2D eigenvalue weighted by molar-refractivity contribution is -0.127.